The fourth-order valence-corrected chi connectivity index (χ4v) is 5.84. The van der Waals surface area contributed by atoms with Gasteiger partial charge in [0.2, 0.25) is 5.91 Å². The van der Waals surface area contributed by atoms with Gasteiger partial charge in [0.15, 0.2) is 5.78 Å². The molecule has 6 nitrogen and oxygen atoms in total. The molecule has 0 saturated carbocycles. The Bertz CT molecular complexity index is 1790. The van der Waals surface area contributed by atoms with E-state index in [4.69, 9.17) is 9.72 Å². The summed E-state index contributed by atoms with van der Waals surface area (Å²) in [4.78, 5) is 31.6. The number of hydrogen-bond donors (Lipinski definition) is 1. The van der Waals surface area contributed by atoms with Gasteiger partial charge >= 0.3 is 0 Å². The standard InChI is InChI=1S/C35H27N3O3S2/c1-23(34(40)37-27-14-10-26(11-15-27)33(39)19-18-29-9-6-20-42-29)43-35-31(22-36)30(24-7-4-3-5-8-24)21-32(38-35)25-12-16-28(41-2)17-13-25/h3-21,23H,1-2H3,(H,37,40). The molecule has 0 radical (unpaired) electrons. The Labute approximate surface area is 258 Å². The Hall–Kier alpha value is -4.97. The van der Waals surface area contributed by atoms with Crippen LogP contribution in [-0.2, 0) is 4.79 Å². The van der Waals surface area contributed by atoms with Gasteiger partial charge in [-0.3, -0.25) is 9.59 Å². The monoisotopic (exact) mass is 601 g/mol. The lowest BCUT2D eigenvalue weighted by Crippen LogP contribution is -2.22. The third-order valence-electron chi connectivity index (χ3n) is 6.61. The molecule has 3 aromatic carbocycles. The molecular formula is C35H27N3O3S2. The van der Waals surface area contributed by atoms with Gasteiger partial charge in [0.25, 0.3) is 0 Å². The summed E-state index contributed by atoms with van der Waals surface area (Å²) in [7, 11) is 1.61. The fraction of sp³-hybridized carbons (Fsp3) is 0.0857. The van der Waals surface area contributed by atoms with E-state index in [0.717, 1.165) is 27.3 Å². The van der Waals surface area contributed by atoms with Crippen LogP contribution in [-0.4, -0.2) is 29.0 Å². The number of nitrogens with zero attached hydrogens (tertiary/aromatic N) is 2. The molecule has 0 bridgehead atoms. The van der Waals surface area contributed by atoms with Crippen LogP contribution in [0.4, 0.5) is 5.69 Å². The molecule has 0 fully saturated rings. The van der Waals surface area contributed by atoms with Crippen LogP contribution in [0.25, 0.3) is 28.5 Å². The first-order chi connectivity index (χ1) is 20.9. The lowest BCUT2D eigenvalue weighted by atomic mass is 9.99. The van der Waals surface area contributed by atoms with Crippen LogP contribution < -0.4 is 10.1 Å². The van der Waals surface area contributed by atoms with Crippen molar-refractivity contribution in [3.63, 3.8) is 0 Å². The van der Waals surface area contributed by atoms with Crippen molar-refractivity contribution in [2.75, 3.05) is 12.4 Å². The molecule has 212 valence electrons. The van der Waals surface area contributed by atoms with Gasteiger partial charge in [-0.05, 0) is 90.7 Å². The summed E-state index contributed by atoms with van der Waals surface area (Å²) in [6.07, 6.45) is 3.33. The number of ether oxygens (including phenoxy) is 1. The summed E-state index contributed by atoms with van der Waals surface area (Å²) in [5, 5.41) is 15.0. The summed E-state index contributed by atoms with van der Waals surface area (Å²) < 4.78 is 5.30. The third kappa shape index (κ3) is 7.28. The van der Waals surface area contributed by atoms with Crippen LogP contribution in [0.3, 0.4) is 0 Å². The number of benzene rings is 3. The van der Waals surface area contributed by atoms with Crippen molar-refractivity contribution < 1.29 is 14.3 Å². The van der Waals surface area contributed by atoms with Gasteiger partial charge in [-0.25, -0.2) is 4.98 Å². The lowest BCUT2D eigenvalue weighted by molar-refractivity contribution is -0.115. The molecule has 0 aliphatic rings. The van der Waals surface area contributed by atoms with Gasteiger partial charge in [0.1, 0.15) is 16.8 Å². The minimum Gasteiger partial charge on any atom is -0.497 e. The van der Waals surface area contributed by atoms with Crippen molar-refractivity contribution in [3.8, 4) is 34.2 Å². The Morgan fingerprint density at radius 3 is 2.37 bits per heavy atom. The topological polar surface area (TPSA) is 92.1 Å². The second kappa shape index (κ2) is 13.8. The molecule has 2 aromatic heterocycles. The Kier molecular flexibility index (Phi) is 9.47. The van der Waals surface area contributed by atoms with E-state index in [0.29, 0.717) is 27.5 Å². The van der Waals surface area contributed by atoms with E-state index in [2.05, 4.69) is 11.4 Å². The first kappa shape index (κ1) is 29.5. The highest BCUT2D eigenvalue weighted by atomic mass is 32.2. The van der Waals surface area contributed by atoms with Crippen molar-refractivity contribution in [2.24, 2.45) is 0 Å². The van der Waals surface area contributed by atoms with Gasteiger partial charge in [-0.1, -0.05) is 48.2 Å². The Morgan fingerprint density at radius 2 is 1.72 bits per heavy atom. The number of methoxy groups -OCH3 is 1. The van der Waals surface area contributed by atoms with Gasteiger partial charge < -0.3 is 10.1 Å². The smallest absolute Gasteiger partial charge is 0.237 e. The number of thiophene rings is 1. The molecule has 1 unspecified atom stereocenters. The number of anilines is 1. The summed E-state index contributed by atoms with van der Waals surface area (Å²) in [5.74, 6) is 0.368. The maximum atomic E-state index is 13.2. The van der Waals surface area contributed by atoms with E-state index >= 15 is 0 Å². The van der Waals surface area contributed by atoms with Gasteiger partial charge in [-0.2, -0.15) is 5.26 Å². The number of pyridine rings is 1. The van der Waals surface area contributed by atoms with Crippen molar-refractivity contribution in [3.05, 3.63) is 125 Å². The number of rotatable bonds is 10. The summed E-state index contributed by atoms with van der Waals surface area (Å²) in [6.45, 7) is 1.78. The number of carbonyl (C=O) groups is 2. The number of thioether (sulfide) groups is 1. The number of nitrogens with one attached hydrogen (secondary N) is 1. The predicted molar refractivity (Wildman–Crippen MR) is 174 cm³/mol. The first-order valence-electron chi connectivity index (χ1n) is 13.4. The molecule has 1 atom stereocenters. The molecule has 0 spiro atoms. The quantitative estimate of drug-likeness (QED) is 0.0982. The molecule has 2 heterocycles. The molecule has 5 aromatic rings. The fourth-order valence-electron chi connectivity index (χ4n) is 4.29. The maximum absolute atomic E-state index is 13.2. The van der Waals surface area contributed by atoms with Crippen molar-refractivity contribution in [1.29, 1.82) is 5.26 Å². The number of hydrogen-bond acceptors (Lipinski definition) is 7. The SMILES string of the molecule is COc1ccc(-c2cc(-c3ccccc3)c(C#N)c(SC(C)C(=O)Nc3ccc(C(=O)C=Cc4cccs4)cc3)n2)cc1. The summed E-state index contributed by atoms with van der Waals surface area (Å²) >= 11 is 2.79. The average molecular weight is 602 g/mol. The highest BCUT2D eigenvalue weighted by Crippen LogP contribution is 2.36. The van der Waals surface area contributed by atoms with Crippen molar-refractivity contribution in [2.45, 2.75) is 17.2 Å². The number of nitriles is 1. The van der Waals surface area contributed by atoms with Gasteiger partial charge in [0, 0.05) is 27.3 Å². The first-order valence-corrected chi connectivity index (χ1v) is 15.2. The van der Waals surface area contributed by atoms with Gasteiger partial charge in [0.05, 0.1) is 23.6 Å². The highest BCUT2D eigenvalue weighted by Gasteiger charge is 2.22. The van der Waals surface area contributed by atoms with E-state index in [1.807, 2.05) is 78.2 Å². The van der Waals surface area contributed by atoms with E-state index < -0.39 is 5.25 Å². The zero-order chi connectivity index (χ0) is 30.2. The molecule has 43 heavy (non-hydrogen) atoms. The maximum Gasteiger partial charge on any atom is 0.237 e. The van der Waals surface area contributed by atoms with Crippen LogP contribution in [0.2, 0.25) is 0 Å². The van der Waals surface area contributed by atoms with Crippen LogP contribution >= 0.6 is 23.1 Å². The van der Waals surface area contributed by atoms with E-state index in [-0.39, 0.29) is 11.7 Å². The number of ketones is 1. The second-order valence-electron chi connectivity index (χ2n) is 9.48. The largest absolute Gasteiger partial charge is 0.497 e. The van der Waals surface area contributed by atoms with E-state index in [9.17, 15) is 14.9 Å². The van der Waals surface area contributed by atoms with Crippen molar-refractivity contribution >= 4 is 46.6 Å². The van der Waals surface area contributed by atoms with Crippen LogP contribution in [0, 0.1) is 11.3 Å². The van der Waals surface area contributed by atoms with Crippen molar-refractivity contribution in [1.82, 2.24) is 4.98 Å². The predicted octanol–water partition coefficient (Wildman–Crippen LogP) is 8.37. The third-order valence-corrected chi connectivity index (χ3v) is 8.53. The summed E-state index contributed by atoms with van der Waals surface area (Å²) in [5.41, 5.74) is 4.68. The van der Waals surface area contributed by atoms with E-state index in [1.165, 1.54) is 11.8 Å². The second-order valence-corrected chi connectivity index (χ2v) is 11.8. The molecule has 5 rings (SSSR count). The van der Waals surface area contributed by atoms with Crippen LogP contribution in [0.15, 0.2) is 114 Å². The van der Waals surface area contributed by atoms with E-state index in [1.54, 1.807) is 61.8 Å². The molecule has 1 N–H and O–H groups in total. The number of carbonyl (C=O) groups excluding carboxylic acids is 2. The highest BCUT2D eigenvalue weighted by molar-refractivity contribution is 8.00. The Balaban J connectivity index is 1.36. The number of allylic oxidation sites excluding steroid dienone is 1. The minimum atomic E-state index is -0.565. The summed E-state index contributed by atoms with van der Waals surface area (Å²) in [6, 6.07) is 32.1. The van der Waals surface area contributed by atoms with Crippen LogP contribution in [0.5, 0.6) is 5.75 Å². The zero-order valence-electron chi connectivity index (χ0n) is 23.5. The molecule has 8 heteroatoms. The molecule has 0 saturated heterocycles. The lowest BCUT2D eigenvalue weighted by Gasteiger charge is -2.16. The average Bonchev–Trinajstić information content (AvgIpc) is 3.58. The number of amides is 1. The molecular weight excluding hydrogens is 575 g/mol. The minimum absolute atomic E-state index is 0.115. The van der Waals surface area contributed by atoms with Crippen LogP contribution in [0.1, 0.15) is 27.7 Å². The Morgan fingerprint density at radius 1 is 0.977 bits per heavy atom. The molecule has 0 aliphatic heterocycles. The normalized spacial score (nSPS) is 11.6. The molecule has 0 aliphatic carbocycles. The zero-order valence-corrected chi connectivity index (χ0v) is 25.1. The molecule has 1 amide bonds. The van der Waals surface area contributed by atoms with Gasteiger partial charge in [-0.15, -0.1) is 11.3 Å². The number of aromatic nitrogens is 1.